The molecule has 4 aromatic rings. The summed E-state index contributed by atoms with van der Waals surface area (Å²) in [5, 5.41) is 7.07. The number of nitrogens with zero attached hydrogens (tertiary/aromatic N) is 7. The minimum absolute atomic E-state index is 0.0405. The number of hydrogen-bond acceptors (Lipinski definition) is 11. The van der Waals surface area contributed by atoms with Crippen molar-refractivity contribution in [3.63, 3.8) is 0 Å². The molecular weight excluding hydrogens is 847 g/mol. The molecule has 3 aromatic heterocycles. The van der Waals surface area contributed by atoms with Crippen molar-refractivity contribution >= 4 is 56.3 Å². The molecule has 0 saturated carbocycles. The van der Waals surface area contributed by atoms with Crippen molar-refractivity contribution < 1.29 is 28.7 Å². The summed E-state index contributed by atoms with van der Waals surface area (Å²) in [7, 11) is 7.40. The number of urea groups is 1. The van der Waals surface area contributed by atoms with Crippen LogP contribution < -0.4 is 10.7 Å². The van der Waals surface area contributed by atoms with Gasteiger partial charge in [0.1, 0.15) is 17.2 Å². The van der Waals surface area contributed by atoms with Crippen molar-refractivity contribution in [3.05, 3.63) is 58.2 Å². The summed E-state index contributed by atoms with van der Waals surface area (Å²) < 4.78 is 14.3. The lowest BCUT2D eigenvalue weighted by atomic mass is 9.84. The lowest BCUT2D eigenvalue weighted by Crippen LogP contribution is -2.69. The van der Waals surface area contributed by atoms with E-state index in [9.17, 15) is 19.2 Å². The number of thiazole rings is 1. The molecular formula is C47H67N9O6SSi. The number of hydrazine groups is 1. The number of nitrogens with one attached hydrogen (secondary N) is 2. The number of cyclic esters (lactones) is 1. The van der Waals surface area contributed by atoms with Gasteiger partial charge in [0.25, 0.3) is 5.91 Å². The van der Waals surface area contributed by atoms with E-state index in [1.807, 2.05) is 39.3 Å². The Morgan fingerprint density at radius 2 is 1.89 bits per heavy atom. The molecule has 3 aliphatic rings. The normalized spacial score (nSPS) is 22.9. The summed E-state index contributed by atoms with van der Waals surface area (Å²) in [6, 6.07) is 8.69. The molecule has 15 nitrogen and oxygen atoms in total. The molecule has 2 N–H and O–H groups in total. The van der Waals surface area contributed by atoms with E-state index in [0.29, 0.717) is 37.4 Å². The van der Waals surface area contributed by atoms with Crippen molar-refractivity contribution in [1.82, 2.24) is 45.0 Å². The smallest absolute Gasteiger partial charge is 0.324 e. The number of aryl methyl sites for hydroxylation is 1. The first-order chi connectivity index (χ1) is 30.4. The number of esters is 1. The molecule has 2 saturated heterocycles. The number of ether oxygens (including phenoxy) is 2. The molecule has 64 heavy (non-hydrogen) atoms. The standard InChI is InChI=1S/C47H67N9O6SSi/c1-11-55-37-17-16-30-22-33(37)34(41(55)32-14-12-19-48-39(32)29(4)61-10)23-46(5,6)27-62-43(58)35-15-13-20-56(51-35)44(59)47(64,24-38-49-36(30)26-63-38)50-42(57)40(28(2)3)54(9)45(60)53(8)31-18-21-52(7)25-31/h12,14,16-17,19,22,26,28-29,31,35,40,51H,11,13,15,18,20-21,23-25,27H2,1-10,64H3,(H,50,57)/t29-,31-,35-,40-,47-/m0/s1. The predicted octanol–water partition coefficient (Wildman–Crippen LogP) is 4.61. The van der Waals surface area contributed by atoms with Crippen LogP contribution in [0.2, 0.25) is 0 Å². The highest BCUT2D eigenvalue weighted by atomic mass is 32.1. The van der Waals surface area contributed by atoms with E-state index in [4.69, 9.17) is 19.4 Å². The van der Waals surface area contributed by atoms with Crippen LogP contribution >= 0.6 is 11.3 Å². The number of carbonyl (C=O) groups is 4. The van der Waals surface area contributed by atoms with Gasteiger partial charge >= 0.3 is 12.0 Å². The second-order valence-electron chi connectivity index (χ2n) is 19.4. The van der Waals surface area contributed by atoms with Crippen LogP contribution in [0.3, 0.4) is 0 Å². The summed E-state index contributed by atoms with van der Waals surface area (Å²) in [5.41, 5.74) is 9.48. The van der Waals surface area contributed by atoms with Gasteiger partial charge in [-0.15, -0.1) is 11.3 Å². The third-order valence-electron chi connectivity index (χ3n) is 13.4. The first-order valence-electron chi connectivity index (χ1n) is 22.7. The molecule has 346 valence electrons. The van der Waals surface area contributed by atoms with Gasteiger partial charge in [-0.05, 0) is 88.9 Å². The van der Waals surface area contributed by atoms with Gasteiger partial charge in [0.05, 0.1) is 34.8 Å². The third-order valence-corrected chi connectivity index (χ3v) is 15.2. The van der Waals surface area contributed by atoms with Gasteiger partial charge in [-0.3, -0.25) is 24.4 Å². The van der Waals surface area contributed by atoms with Crippen molar-refractivity contribution in [2.75, 3.05) is 54.5 Å². The maximum Gasteiger partial charge on any atom is 0.324 e. The van der Waals surface area contributed by atoms with Crippen LogP contribution in [0, 0.1) is 11.3 Å². The highest BCUT2D eigenvalue weighted by Gasteiger charge is 2.45. The van der Waals surface area contributed by atoms with E-state index in [1.54, 1.807) is 32.3 Å². The maximum absolute atomic E-state index is 15.0. The zero-order chi connectivity index (χ0) is 46.2. The largest absolute Gasteiger partial charge is 0.464 e. The van der Waals surface area contributed by atoms with E-state index < -0.39 is 34.5 Å². The Balaban J connectivity index is 1.30. The number of carbonyl (C=O) groups excluding carboxylic acids is 4. The fourth-order valence-electron chi connectivity index (χ4n) is 9.77. The van der Waals surface area contributed by atoms with Crippen LogP contribution in [0.5, 0.6) is 0 Å². The Kier molecular flexibility index (Phi) is 14.1. The van der Waals surface area contributed by atoms with Crippen LogP contribution in [0.15, 0.2) is 41.9 Å². The van der Waals surface area contributed by atoms with Crippen molar-refractivity contribution in [1.29, 1.82) is 0 Å². The van der Waals surface area contributed by atoms with Crippen LogP contribution in [-0.4, -0.2) is 146 Å². The molecule has 5 atom stereocenters. The molecule has 0 spiro atoms. The van der Waals surface area contributed by atoms with Crippen LogP contribution in [0.4, 0.5) is 4.79 Å². The summed E-state index contributed by atoms with van der Waals surface area (Å²) >= 11 is 1.45. The highest BCUT2D eigenvalue weighted by Crippen LogP contribution is 2.42. The van der Waals surface area contributed by atoms with Crippen molar-refractivity contribution in [2.24, 2.45) is 11.3 Å². The van der Waals surface area contributed by atoms with E-state index in [-0.39, 0.29) is 53.3 Å². The highest BCUT2D eigenvalue weighted by molar-refractivity contribution is 7.10. The Morgan fingerprint density at radius 1 is 1.12 bits per heavy atom. The molecule has 4 amide bonds. The fraction of sp³-hybridized carbons (Fsp3) is 0.574. The van der Waals surface area contributed by atoms with Gasteiger partial charge < -0.3 is 34.1 Å². The van der Waals surface area contributed by atoms with Gasteiger partial charge in [-0.1, -0.05) is 33.8 Å². The number of likely N-dealkylation sites (N-methyl/N-ethyl adjacent to an activating group) is 3. The molecule has 2 fully saturated rings. The topological polar surface area (TPSA) is 154 Å². The molecule has 3 aliphatic heterocycles. The minimum atomic E-state index is -1.37. The molecule has 6 heterocycles. The Hall–Kier alpha value is -4.68. The number of rotatable bonds is 9. The number of aromatic nitrogens is 3. The first-order valence-corrected chi connectivity index (χ1v) is 24.6. The molecule has 0 aliphatic carbocycles. The minimum Gasteiger partial charge on any atom is -0.464 e. The molecule has 0 radical (unpaired) electrons. The van der Waals surface area contributed by atoms with E-state index in [2.05, 4.69) is 65.2 Å². The number of amides is 4. The summed E-state index contributed by atoms with van der Waals surface area (Å²) in [6.07, 6.45) is 4.20. The summed E-state index contributed by atoms with van der Waals surface area (Å²) in [6.45, 7) is 15.1. The van der Waals surface area contributed by atoms with Gasteiger partial charge in [-0.2, -0.15) is 0 Å². The predicted molar refractivity (Wildman–Crippen MR) is 254 cm³/mol. The first kappa shape index (κ1) is 47.3. The molecule has 0 unspecified atom stereocenters. The zero-order valence-corrected chi connectivity index (χ0v) is 42.3. The maximum atomic E-state index is 15.0. The molecule has 1 aromatic carbocycles. The summed E-state index contributed by atoms with van der Waals surface area (Å²) in [4.78, 5) is 72.9. The Labute approximate surface area is 384 Å². The van der Waals surface area contributed by atoms with E-state index in [1.165, 1.54) is 21.2 Å². The van der Waals surface area contributed by atoms with Gasteiger partial charge in [-0.25, -0.2) is 15.2 Å². The molecule has 17 heteroatoms. The molecule has 6 bridgehead atoms. The fourth-order valence-corrected chi connectivity index (χ4v) is 11.8. The van der Waals surface area contributed by atoms with Gasteiger partial charge in [0.2, 0.25) is 5.91 Å². The van der Waals surface area contributed by atoms with Gasteiger partial charge in [0.15, 0.2) is 0 Å². The lowest BCUT2D eigenvalue weighted by Gasteiger charge is -2.41. The number of hydrogen-bond donors (Lipinski definition) is 2. The number of methoxy groups -OCH3 is 1. The third kappa shape index (κ3) is 9.50. The van der Waals surface area contributed by atoms with E-state index >= 15 is 0 Å². The second-order valence-corrected chi connectivity index (χ2v) is 22.0. The van der Waals surface area contributed by atoms with Crippen LogP contribution in [-0.2, 0) is 43.2 Å². The number of fused-ring (bicyclic) bond motifs is 6. The van der Waals surface area contributed by atoms with Crippen molar-refractivity contribution in [2.45, 2.75) is 110 Å². The van der Waals surface area contributed by atoms with Gasteiger partial charge in [0, 0.05) is 103 Å². The Morgan fingerprint density at radius 3 is 2.58 bits per heavy atom. The summed E-state index contributed by atoms with van der Waals surface area (Å²) in [5.74, 6) is -1.44. The van der Waals surface area contributed by atoms with Crippen LogP contribution in [0.25, 0.3) is 33.4 Å². The van der Waals surface area contributed by atoms with E-state index in [0.717, 1.165) is 64.2 Å². The number of pyridine rings is 1. The molecule has 7 rings (SSSR count). The monoisotopic (exact) mass is 913 g/mol. The quantitative estimate of drug-likeness (QED) is 0.180. The number of benzene rings is 1. The average Bonchev–Trinajstić information content (AvgIpc) is 4.00. The number of likely N-dealkylation sites (tertiary alicyclic amines) is 1. The average molecular weight is 914 g/mol. The lowest BCUT2D eigenvalue weighted by molar-refractivity contribution is -0.156. The second kappa shape index (κ2) is 19.0. The van der Waals surface area contributed by atoms with Crippen LogP contribution in [0.1, 0.15) is 83.2 Å². The Bertz CT molecular complexity index is 2380. The SMILES string of the molecule is CCn1c(-c2cccnc2[C@H](C)OC)c2c3cc(ccc31)-c1csc(n1)C[C@@]([SiH3])(NC(=O)[C@H](C(C)C)N(C)C(=O)N(C)[C@H]1CCN(C)C1)C(=O)N1CCC[C@H](N1)C(=O)OCC(C)(C)C2. The van der Waals surface area contributed by atoms with Crippen molar-refractivity contribution in [3.8, 4) is 22.5 Å². The zero-order valence-electron chi connectivity index (χ0n) is 39.5.